The molecule has 0 spiro atoms. The minimum absolute atomic E-state index is 0.389. The fourth-order valence-corrected chi connectivity index (χ4v) is 2.57. The first-order valence-corrected chi connectivity index (χ1v) is 5.87. The number of nitrogens with two attached hydrogens (primary N) is 1. The second-order valence-corrected chi connectivity index (χ2v) is 4.51. The van der Waals surface area contributed by atoms with Crippen LogP contribution < -0.4 is 5.73 Å². The van der Waals surface area contributed by atoms with E-state index in [9.17, 15) is 4.79 Å². The summed E-state index contributed by atoms with van der Waals surface area (Å²) in [6.45, 7) is 3.79. The van der Waals surface area contributed by atoms with Gasteiger partial charge in [-0.25, -0.2) is 0 Å². The summed E-state index contributed by atoms with van der Waals surface area (Å²) < 4.78 is 0. The number of benzene rings is 2. The average molecular weight is 235 g/mol. The molecule has 0 fully saturated rings. The van der Waals surface area contributed by atoms with Crippen LogP contribution in [0.5, 0.6) is 0 Å². The summed E-state index contributed by atoms with van der Waals surface area (Å²) in [6.07, 6.45) is 0.841. The molecule has 18 heavy (non-hydrogen) atoms. The van der Waals surface area contributed by atoms with E-state index in [0.717, 1.165) is 17.5 Å². The molecular formula is C16H13NO. The second-order valence-electron chi connectivity index (χ2n) is 4.51. The smallest absolute Gasteiger partial charge is 0.248 e. The van der Waals surface area contributed by atoms with Crippen LogP contribution in [0, 0.1) is 0 Å². The fourth-order valence-electron chi connectivity index (χ4n) is 2.57. The molecule has 1 amide bonds. The Bertz CT molecular complexity index is 671. The van der Waals surface area contributed by atoms with Gasteiger partial charge in [-0.15, -0.1) is 0 Å². The van der Waals surface area contributed by atoms with E-state index in [0.29, 0.717) is 5.57 Å². The molecule has 0 bridgehead atoms. The van der Waals surface area contributed by atoms with Gasteiger partial charge in [0.25, 0.3) is 0 Å². The first kappa shape index (κ1) is 10.8. The molecule has 2 nitrogen and oxygen atoms in total. The van der Waals surface area contributed by atoms with Gasteiger partial charge in [-0.3, -0.25) is 4.79 Å². The maximum absolute atomic E-state index is 11.3. The molecule has 2 aromatic carbocycles. The van der Waals surface area contributed by atoms with Crippen LogP contribution in [0.25, 0.3) is 16.7 Å². The van der Waals surface area contributed by atoms with Gasteiger partial charge in [-0.05, 0) is 34.2 Å². The highest BCUT2D eigenvalue weighted by Gasteiger charge is 2.22. The van der Waals surface area contributed by atoms with Crippen LogP contribution in [0.4, 0.5) is 0 Å². The Hall–Kier alpha value is -2.35. The quantitative estimate of drug-likeness (QED) is 0.682. The number of hydrogen-bond donors (Lipinski definition) is 1. The highest BCUT2D eigenvalue weighted by atomic mass is 16.1. The molecule has 0 radical (unpaired) electrons. The van der Waals surface area contributed by atoms with Crippen molar-refractivity contribution in [2.75, 3.05) is 0 Å². The Morgan fingerprint density at radius 3 is 2.56 bits per heavy atom. The van der Waals surface area contributed by atoms with Crippen LogP contribution in [0.1, 0.15) is 16.7 Å². The number of amides is 1. The Kier molecular flexibility index (Phi) is 2.30. The molecule has 2 aromatic rings. The van der Waals surface area contributed by atoms with Crippen molar-refractivity contribution < 1.29 is 4.79 Å². The number of rotatable bonds is 2. The van der Waals surface area contributed by atoms with E-state index in [2.05, 4.69) is 24.8 Å². The summed E-state index contributed by atoms with van der Waals surface area (Å²) in [5, 5.41) is 0. The van der Waals surface area contributed by atoms with Gasteiger partial charge >= 0.3 is 0 Å². The van der Waals surface area contributed by atoms with E-state index in [1.54, 1.807) is 0 Å². The third-order valence-corrected chi connectivity index (χ3v) is 3.47. The first-order chi connectivity index (χ1) is 8.68. The predicted octanol–water partition coefficient (Wildman–Crippen LogP) is 2.76. The zero-order valence-corrected chi connectivity index (χ0v) is 9.94. The van der Waals surface area contributed by atoms with Crippen molar-refractivity contribution in [3.05, 3.63) is 65.7 Å². The van der Waals surface area contributed by atoms with Crippen molar-refractivity contribution in [1.29, 1.82) is 0 Å². The maximum atomic E-state index is 11.3. The Morgan fingerprint density at radius 1 is 1.06 bits per heavy atom. The minimum Gasteiger partial charge on any atom is -0.366 e. The molecule has 88 valence electrons. The van der Waals surface area contributed by atoms with Crippen LogP contribution in [0.15, 0.2) is 49.0 Å². The molecule has 3 rings (SSSR count). The molecule has 1 aliphatic carbocycles. The highest BCUT2D eigenvalue weighted by molar-refractivity contribution is 6.18. The standard InChI is InChI=1S/C16H13NO/c1-10(16(17)18)12-7-4-8-14-13-6-3-2-5-11(13)9-15(12)14/h2-8H,1,9H2,(H2,17,18). The lowest BCUT2D eigenvalue weighted by Crippen LogP contribution is -2.13. The van der Waals surface area contributed by atoms with E-state index < -0.39 is 5.91 Å². The third-order valence-electron chi connectivity index (χ3n) is 3.47. The molecule has 1 aliphatic rings. The lowest BCUT2D eigenvalue weighted by molar-refractivity contribution is -0.112. The zero-order chi connectivity index (χ0) is 12.7. The number of primary amides is 1. The molecule has 0 atom stereocenters. The summed E-state index contributed by atoms with van der Waals surface area (Å²) in [5.41, 5.74) is 11.5. The largest absolute Gasteiger partial charge is 0.366 e. The van der Waals surface area contributed by atoms with E-state index >= 15 is 0 Å². The fraction of sp³-hybridized carbons (Fsp3) is 0.0625. The monoisotopic (exact) mass is 235 g/mol. The van der Waals surface area contributed by atoms with Crippen molar-refractivity contribution in [2.45, 2.75) is 6.42 Å². The lowest BCUT2D eigenvalue weighted by atomic mass is 9.96. The molecule has 0 saturated heterocycles. The van der Waals surface area contributed by atoms with Gasteiger partial charge in [-0.1, -0.05) is 49.0 Å². The Balaban J connectivity index is 2.20. The van der Waals surface area contributed by atoms with Crippen molar-refractivity contribution in [3.8, 4) is 11.1 Å². The maximum Gasteiger partial charge on any atom is 0.248 e. The van der Waals surface area contributed by atoms with E-state index in [-0.39, 0.29) is 0 Å². The number of carbonyl (C=O) groups excluding carboxylic acids is 1. The molecular weight excluding hydrogens is 222 g/mol. The molecule has 0 heterocycles. The minimum atomic E-state index is -0.459. The van der Waals surface area contributed by atoms with Crippen LogP contribution in [0.3, 0.4) is 0 Å². The predicted molar refractivity (Wildman–Crippen MR) is 72.9 cm³/mol. The van der Waals surface area contributed by atoms with E-state index in [1.165, 1.54) is 16.7 Å². The Morgan fingerprint density at radius 2 is 1.78 bits per heavy atom. The summed E-state index contributed by atoms with van der Waals surface area (Å²) >= 11 is 0. The Labute approximate surface area is 106 Å². The summed E-state index contributed by atoms with van der Waals surface area (Å²) in [5.74, 6) is -0.459. The van der Waals surface area contributed by atoms with Crippen molar-refractivity contribution in [3.63, 3.8) is 0 Å². The SMILES string of the molecule is C=C(C(N)=O)c1cccc2c1Cc1ccccc1-2. The van der Waals surface area contributed by atoms with Gasteiger partial charge in [0.1, 0.15) is 0 Å². The van der Waals surface area contributed by atoms with Gasteiger partial charge in [0.15, 0.2) is 0 Å². The number of carbonyl (C=O) groups is 1. The molecule has 0 aliphatic heterocycles. The number of hydrogen-bond acceptors (Lipinski definition) is 1. The van der Waals surface area contributed by atoms with Crippen LogP contribution in [-0.4, -0.2) is 5.91 Å². The molecule has 0 unspecified atom stereocenters. The first-order valence-electron chi connectivity index (χ1n) is 5.87. The van der Waals surface area contributed by atoms with Crippen molar-refractivity contribution in [1.82, 2.24) is 0 Å². The second kappa shape index (κ2) is 3.84. The van der Waals surface area contributed by atoms with Gasteiger partial charge < -0.3 is 5.73 Å². The molecule has 2 N–H and O–H groups in total. The topological polar surface area (TPSA) is 43.1 Å². The summed E-state index contributed by atoms with van der Waals surface area (Å²) in [7, 11) is 0. The average Bonchev–Trinajstić information content (AvgIpc) is 2.76. The van der Waals surface area contributed by atoms with Gasteiger partial charge in [0, 0.05) is 5.57 Å². The lowest BCUT2D eigenvalue weighted by Gasteiger charge is -2.08. The van der Waals surface area contributed by atoms with Crippen molar-refractivity contribution >= 4 is 11.5 Å². The van der Waals surface area contributed by atoms with Crippen LogP contribution in [-0.2, 0) is 11.2 Å². The third kappa shape index (κ3) is 1.46. The molecule has 2 heteroatoms. The number of fused-ring (bicyclic) bond motifs is 3. The summed E-state index contributed by atoms with van der Waals surface area (Å²) in [6, 6.07) is 14.2. The van der Waals surface area contributed by atoms with Gasteiger partial charge in [-0.2, -0.15) is 0 Å². The molecule has 0 saturated carbocycles. The van der Waals surface area contributed by atoms with Gasteiger partial charge in [0.2, 0.25) is 5.91 Å². The van der Waals surface area contributed by atoms with E-state index in [4.69, 9.17) is 5.73 Å². The van der Waals surface area contributed by atoms with Crippen LogP contribution in [0.2, 0.25) is 0 Å². The van der Waals surface area contributed by atoms with Crippen LogP contribution >= 0.6 is 0 Å². The normalized spacial score (nSPS) is 11.8. The zero-order valence-electron chi connectivity index (χ0n) is 9.94. The highest BCUT2D eigenvalue weighted by Crippen LogP contribution is 2.39. The van der Waals surface area contributed by atoms with Crippen molar-refractivity contribution in [2.24, 2.45) is 5.73 Å². The van der Waals surface area contributed by atoms with Gasteiger partial charge in [0.05, 0.1) is 0 Å². The summed E-state index contributed by atoms with van der Waals surface area (Å²) in [4.78, 5) is 11.3. The van der Waals surface area contributed by atoms with E-state index in [1.807, 2.05) is 24.3 Å². The molecule has 0 aromatic heterocycles.